The van der Waals surface area contributed by atoms with E-state index >= 15 is 0 Å². The molecular formula is C23H34BN9O5. The molecule has 3 saturated heterocycles. The molecule has 5 rings (SSSR count). The Kier molecular flexibility index (Phi) is 7.22. The Bertz CT molecular complexity index is 1140. The van der Waals surface area contributed by atoms with Gasteiger partial charge in [-0.15, -0.1) is 5.10 Å². The van der Waals surface area contributed by atoms with Crippen molar-refractivity contribution >= 4 is 31.0 Å². The fourth-order valence-corrected chi connectivity index (χ4v) is 6.52. The Morgan fingerprint density at radius 3 is 2.82 bits per heavy atom. The molecule has 3 fully saturated rings. The van der Waals surface area contributed by atoms with E-state index < -0.39 is 17.9 Å². The maximum absolute atomic E-state index is 13.1. The van der Waals surface area contributed by atoms with E-state index in [9.17, 15) is 24.3 Å². The molecule has 1 aromatic rings. The average molecular weight is 527 g/mol. The van der Waals surface area contributed by atoms with Gasteiger partial charge in [0.2, 0.25) is 17.7 Å². The van der Waals surface area contributed by atoms with E-state index in [1.54, 1.807) is 11.8 Å². The Balaban J connectivity index is 1.21. The predicted molar refractivity (Wildman–Crippen MR) is 134 cm³/mol. The smallest absolute Gasteiger partial charge is 0.351 e. The van der Waals surface area contributed by atoms with Crippen molar-refractivity contribution in [2.24, 2.45) is 17.6 Å². The van der Waals surface area contributed by atoms with Gasteiger partial charge >= 0.3 is 5.97 Å². The van der Waals surface area contributed by atoms with Gasteiger partial charge in [-0.05, 0) is 48.5 Å². The summed E-state index contributed by atoms with van der Waals surface area (Å²) in [5.74, 6) is -2.18. The first-order valence-electron chi connectivity index (χ1n) is 13.2. The molecule has 4 aliphatic rings. The number of carboxylic acids is 1. The summed E-state index contributed by atoms with van der Waals surface area (Å²) in [6.07, 6.45) is 3.00. The van der Waals surface area contributed by atoms with Gasteiger partial charge in [-0.25, -0.2) is 9.48 Å². The van der Waals surface area contributed by atoms with Gasteiger partial charge in [0.15, 0.2) is 7.28 Å². The number of aryl methyl sites for hydroxylation is 1. The van der Waals surface area contributed by atoms with Crippen molar-refractivity contribution in [1.29, 1.82) is 0 Å². The number of carboxylic acid groups (broad SMARTS) is 1. The summed E-state index contributed by atoms with van der Waals surface area (Å²) in [6, 6.07) is -1.06. The predicted octanol–water partition coefficient (Wildman–Crippen LogP) is -2.51. The van der Waals surface area contributed by atoms with E-state index in [0.29, 0.717) is 39.9 Å². The molecule has 0 saturated carbocycles. The number of nitrogens with one attached hydrogen (secondary N) is 2. The zero-order chi connectivity index (χ0) is 27.1. The minimum Gasteiger partial charge on any atom is -0.477 e. The third-order valence-corrected chi connectivity index (χ3v) is 8.45. The van der Waals surface area contributed by atoms with Gasteiger partial charge in [-0.3, -0.25) is 14.4 Å². The Hall–Kier alpha value is -3.33. The largest absolute Gasteiger partial charge is 0.477 e. The van der Waals surface area contributed by atoms with E-state index in [2.05, 4.69) is 26.2 Å². The van der Waals surface area contributed by atoms with Crippen LogP contribution in [0, 0.1) is 11.8 Å². The van der Waals surface area contributed by atoms with Gasteiger partial charge in [0.1, 0.15) is 12.0 Å². The lowest BCUT2D eigenvalue weighted by atomic mass is 9.53. The lowest BCUT2D eigenvalue weighted by Gasteiger charge is -2.48. The lowest BCUT2D eigenvalue weighted by Crippen LogP contribution is -2.66. The van der Waals surface area contributed by atoms with E-state index in [1.807, 2.05) is 6.92 Å². The number of rotatable bonds is 9. The molecule has 1 aromatic heterocycles. The molecule has 15 heteroatoms. The molecule has 5 N–H and O–H groups in total. The highest BCUT2D eigenvalue weighted by molar-refractivity contribution is 6.49. The molecule has 0 aromatic carbocycles. The first kappa shape index (κ1) is 26.3. The SMILES string of the molecule is C[C@@H](NC(=O)CCn1cnnn1)[C@H]1C(=O)N2C(C(=O)O)=C(BC3CNC(C(=O)N4CC[C@H](N)C4)C3)[C@H](C)[C@@H]12. The van der Waals surface area contributed by atoms with E-state index in [4.69, 9.17) is 5.73 Å². The van der Waals surface area contributed by atoms with Crippen molar-refractivity contribution in [3.05, 3.63) is 17.5 Å². The number of hydrogen-bond acceptors (Lipinski definition) is 9. The molecule has 0 bridgehead atoms. The van der Waals surface area contributed by atoms with Gasteiger partial charge in [0.05, 0.1) is 24.5 Å². The van der Waals surface area contributed by atoms with Gasteiger partial charge in [-0.2, -0.15) is 0 Å². The molecule has 14 nitrogen and oxygen atoms in total. The number of likely N-dealkylation sites (tertiary alicyclic amines) is 1. The van der Waals surface area contributed by atoms with Crippen LogP contribution < -0.4 is 16.4 Å². The standard InChI is InChI=1S/C23H34BN9O5/c1-11-18(24-13-7-15(26-8-13)21(35)31-5-3-14(25)9-31)20(23(37)38)33-19(11)17(22(33)36)12(2)28-16(34)4-6-32-10-27-29-30-32/h10-15,17,19,24,26H,3-9,25H2,1-2H3,(H,28,34)(H,37,38)/t11-,12+,13?,14-,15?,17+,19-/m0/s1. The maximum atomic E-state index is 13.1. The van der Waals surface area contributed by atoms with Crippen molar-refractivity contribution < 1.29 is 24.3 Å². The van der Waals surface area contributed by atoms with Crippen molar-refractivity contribution in [2.75, 3.05) is 19.6 Å². The van der Waals surface area contributed by atoms with Gasteiger partial charge in [-0.1, -0.05) is 12.4 Å². The van der Waals surface area contributed by atoms with E-state index in [-0.39, 0.29) is 59.7 Å². The van der Waals surface area contributed by atoms with Crippen LogP contribution in [0.25, 0.3) is 0 Å². The summed E-state index contributed by atoms with van der Waals surface area (Å²) in [4.78, 5) is 54.0. The maximum Gasteiger partial charge on any atom is 0.351 e. The number of amides is 3. The average Bonchev–Trinajstić information content (AvgIpc) is 3.66. The summed E-state index contributed by atoms with van der Waals surface area (Å²) in [7, 11) is 0.499. The highest BCUT2D eigenvalue weighted by Crippen LogP contribution is 2.47. The van der Waals surface area contributed by atoms with Crippen LogP contribution in [-0.4, -0.2) is 110 Å². The first-order chi connectivity index (χ1) is 18.2. The molecule has 5 heterocycles. The minimum atomic E-state index is -1.12. The Labute approximate surface area is 220 Å². The van der Waals surface area contributed by atoms with E-state index in [0.717, 1.165) is 11.9 Å². The molecular weight excluding hydrogens is 493 g/mol. The molecule has 4 aliphatic heterocycles. The van der Waals surface area contributed by atoms with Gasteiger partial charge < -0.3 is 31.3 Å². The molecule has 0 spiro atoms. The second-order valence-electron chi connectivity index (χ2n) is 11.0. The number of aliphatic carboxylic acids is 1. The van der Waals surface area contributed by atoms with Crippen molar-refractivity contribution in [2.45, 2.75) is 69.6 Å². The van der Waals surface area contributed by atoms with Crippen LogP contribution in [0.5, 0.6) is 0 Å². The summed E-state index contributed by atoms with van der Waals surface area (Å²) < 4.78 is 1.45. The zero-order valence-electron chi connectivity index (χ0n) is 21.6. The van der Waals surface area contributed by atoms with Gasteiger partial charge in [0, 0.05) is 31.6 Å². The molecule has 3 amide bonds. The van der Waals surface area contributed by atoms with Crippen LogP contribution in [0.15, 0.2) is 17.5 Å². The molecule has 0 aliphatic carbocycles. The normalized spacial score (nSPS) is 31.3. The van der Waals surface area contributed by atoms with Crippen LogP contribution in [0.1, 0.15) is 33.1 Å². The zero-order valence-corrected chi connectivity index (χ0v) is 21.6. The Morgan fingerprint density at radius 1 is 1.37 bits per heavy atom. The lowest BCUT2D eigenvalue weighted by molar-refractivity contribution is -0.158. The molecule has 38 heavy (non-hydrogen) atoms. The number of fused-ring (bicyclic) bond motifs is 1. The second kappa shape index (κ2) is 10.4. The number of aromatic nitrogens is 4. The number of hydrogen-bond donors (Lipinski definition) is 4. The van der Waals surface area contributed by atoms with Crippen LogP contribution in [0.4, 0.5) is 0 Å². The fraction of sp³-hybridized carbons (Fsp3) is 0.696. The highest BCUT2D eigenvalue weighted by Gasteiger charge is 2.60. The minimum absolute atomic E-state index is 0.0203. The fourth-order valence-electron chi connectivity index (χ4n) is 6.52. The topological polar surface area (TPSA) is 189 Å². The number of tetrazole rings is 1. The third-order valence-electron chi connectivity index (χ3n) is 8.45. The number of nitrogens with zero attached hydrogens (tertiary/aromatic N) is 6. The number of nitrogens with two attached hydrogens (primary N) is 1. The molecule has 204 valence electrons. The number of carbonyl (C=O) groups excluding carboxylic acids is 3. The van der Waals surface area contributed by atoms with Crippen molar-refractivity contribution in [3.63, 3.8) is 0 Å². The molecule has 7 atom stereocenters. The third kappa shape index (κ3) is 4.80. The number of β-lactam (4-membered cyclic amide) rings is 1. The molecule has 2 unspecified atom stereocenters. The van der Waals surface area contributed by atoms with E-state index in [1.165, 1.54) is 15.9 Å². The second-order valence-corrected chi connectivity index (χ2v) is 11.0. The van der Waals surface area contributed by atoms with Crippen molar-refractivity contribution in [1.82, 2.24) is 40.6 Å². The summed E-state index contributed by atoms with van der Waals surface area (Å²) in [5, 5.41) is 27.0. The quantitative estimate of drug-likeness (QED) is 0.197. The van der Waals surface area contributed by atoms with Crippen LogP contribution in [0.3, 0.4) is 0 Å². The Morgan fingerprint density at radius 2 is 2.16 bits per heavy atom. The van der Waals surface area contributed by atoms with Gasteiger partial charge in [0.25, 0.3) is 0 Å². The number of carbonyl (C=O) groups is 4. The monoisotopic (exact) mass is 527 g/mol. The van der Waals surface area contributed by atoms with Crippen LogP contribution >= 0.6 is 0 Å². The van der Waals surface area contributed by atoms with Crippen molar-refractivity contribution in [3.8, 4) is 0 Å². The first-order valence-corrected chi connectivity index (χ1v) is 13.2. The molecule has 0 radical (unpaired) electrons. The summed E-state index contributed by atoms with van der Waals surface area (Å²) in [5.41, 5.74) is 6.75. The highest BCUT2D eigenvalue weighted by atomic mass is 16.4. The van der Waals surface area contributed by atoms with Crippen LogP contribution in [0.2, 0.25) is 5.82 Å². The summed E-state index contributed by atoms with van der Waals surface area (Å²) in [6.45, 7) is 5.89. The summed E-state index contributed by atoms with van der Waals surface area (Å²) >= 11 is 0. The van der Waals surface area contributed by atoms with Crippen LogP contribution in [-0.2, 0) is 25.7 Å².